The van der Waals surface area contributed by atoms with E-state index in [1.54, 1.807) is 0 Å². The van der Waals surface area contributed by atoms with Crippen LogP contribution >= 0.6 is 27.3 Å². The molecule has 0 aliphatic rings. The van der Waals surface area contributed by atoms with E-state index in [0.717, 1.165) is 4.47 Å². The van der Waals surface area contributed by atoms with Crippen molar-refractivity contribution in [2.24, 2.45) is 0 Å². The predicted molar refractivity (Wildman–Crippen MR) is 147 cm³/mol. The van der Waals surface area contributed by atoms with Crippen LogP contribution in [-0.4, -0.2) is 4.57 Å². The molecule has 0 unspecified atom stereocenters. The molecule has 2 aromatic heterocycles. The minimum atomic E-state index is 1.14. The van der Waals surface area contributed by atoms with E-state index in [1.165, 1.54) is 58.8 Å². The van der Waals surface area contributed by atoms with Gasteiger partial charge in [0.25, 0.3) is 0 Å². The predicted octanol–water partition coefficient (Wildman–Crippen LogP) is 9.58. The molecule has 7 aromatic rings. The molecular formula is C30H18BrNS. The quantitative estimate of drug-likeness (QED) is 0.221. The standard InChI is InChI=1S/C30H18BrNS/c31-25-18-24-22-13-5-7-16-27(22)33-30(24)29-28(25)23-14-4-6-15-26(23)32(29)21-12-8-11-20(17-21)19-9-2-1-3-10-19/h1-18H. The third-order valence-electron chi connectivity index (χ3n) is 6.45. The van der Waals surface area contributed by atoms with E-state index < -0.39 is 0 Å². The van der Waals surface area contributed by atoms with Crippen molar-refractivity contribution in [2.75, 3.05) is 0 Å². The number of benzene rings is 5. The van der Waals surface area contributed by atoms with Gasteiger partial charge in [0.1, 0.15) is 0 Å². The highest BCUT2D eigenvalue weighted by atomic mass is 79.9. The number of para-hydroxylation sites is 1. The molecule has 156 valence electrons. The van der Waals surface area contributed by atoms with Gasteiger partial charge in [0.15, 0.2) is 0 Å². The number of aromatic nitrogens is 1. The third-order valence-corrected chi connectivity index (χ3v) is 8.26. The van der Waals surface area contributed by atoms with Gasteiger partial charge in [-0.1, -0.05) is 94.8 Å². The van der Waals surface area contributed by atoms with Gasteiger partial charge in [0.2, 0.25) is 0 Å². The lowest BCUT2D eigenvalue weighted by atomic mass is 10.1. The van der Waals surface area contributed by atoms with E-state index in [1.807, 2.05) is 11.3 Å². The van der Waals surface area contributed by atoms with Gasteiger partial charge in [-0.05, 0) is 41.5 Å². The first-order valence-electron chi connectivity index (χ1n) is 11.0. The monoisotopic (exact) mass is 503 g/mol. The van der Waals surface area contributed by atoms with Crippen LogP contribution in [0.1, 0.15) is 0 Å². The van der Waals surface area contributed by atoms with Crippen LogP contribution in [0.4, 0.5) is 0 Å². The van der Waals surface area contributed by atoms with Crippen LogP contribution in [0.15, 0.2) is 114 Å². The molecule has 0 saturated heterocycles. The number of halogens is 1. The van der Waals surface area contributed by atoms with Gasteiger partial charge in [0, 0.05) is 36.4 Å². The van der Waals surface area contributed by atoms with E-state index in [-0.39, 0.29) is 0 Å². The van der Waals surface area contributed by atoms with Crippen molar-refractivity contribution in [3.8, 4) is 16.8 Å². The summed E-state index contributed by atoms with van der Waals surface area (Å²) >= 11 is 5.82. The largest absolute Gasteiger partial charge is 0.308 e. The SMILES string of the molecule is Brc1cc2c3ccccc3sc2c2c1c1ccccc1n2-c1cccc(-c2ccccc2)c1. The average Bonchev–Trinajstić information content (AvgIpc) is 3.41. The molecule has 0 aliphatic heterocycles. The Hall–Kier alpha value is -3.40. The lowest BCUT2D eigenvalue weighted by molar-refractivity contribution is 1.19. The molecule has 0 amide bonds. The summed E-state index contributed by atoms with van der Waals surface area (Å²) < 4.78 is 6.24. The molecule has 0 saturated carbocycles. The minimum absolute atomic E-state index is 1.14. The molecule has 0 radical (unpaired) electrons. The van der Waals surface area contributed by atoms with Crippen LogP contribution in [0.2, 0.25) is 0 Å². The first-order chi connectivity index (χ1) is 16.3. The lowest BCUT2D eigenvalue weighted by Gasteiger charge is -2.11. The van der Waals surface area contributed by atoms with Crippen molar-refractivity contribution < 1.29 is 0 Å². The fourth-order valence-corrected chi connectivity index (χ4v) is 6.86. The third kappa shape index (κ3) is 2.83. The molecule has 0 spiro atoms. The van der Waals surface area contributed by atoms with Gasteiger partial charge in [-0.25, -0.2) is 0 Å². The van der Waals surface area contributed by atoms with Crippen LogP contribution in [0.3, 0.4) is 0 Å². The fraction of sp³-hybridized carbons (Fsp3) is 0. The number of rotatable bonds is 2. The van der Waals surface area contributed by atoms with Crippen molar-refractivity contribution in [3.05, 3.63) is 114 Å². The first kappa shape index (κ1) is 19.1. The van der Waals surface area contributed by atoms with Crippen LogP contribution in [0, 0.1) is 0 Å². The molecule has 0 fully saturated rings. The highest BCUT2D eigenvalue weighted by Gasteiger charge is 2.20. The van der Waals surface area contributed by atoms with Crippen molar-refractivity contribution >= 4 is 69.2 Å². The average molecular weight is 504 g/mol. The van der Waals surface area contributed by atoms with E-state index in [9.17, 15) is 0 Å². The van der Waals surface area contributed by atoms with Crippen molar-refractivity contribution in [1.29, 1.82) is 0 Å². The molecule has 5 aromatic carbocycles. The molecule has 33 heavy (non-hydrogen) atoms. The van der Waals surface area contributed by atoms with Crippen molar-refractivity contribution in [3.63, 3.8) is 0 Å². The Bertz CT molecular complexity index is 1830. The Kier molecular flexibility index (Phi) is 4.23. The summed E-state index contributed by atoms with van der Waals surface area (Å²) in [4.78, 5) is 0. The molecule has 0 aliphatic carbocycles. The number of thiophene rings is 1. The number of nitrogens with zero attached hydrogens (tertiary/aromatic N) is 1. The Morgan fingerprint density at radius 2 is 1.33 bits per heavy atom. The van der Waals surface area contributed by atoms with Gasteiger partial charge in [-0.3, -0.25) is 0 Å². The Labute approximate surface area is 203 Å². The summed E-state index contributed by atoms with van der Waals surface area (Å²) in [6.45, 7) is 0. The van der Waals surface area contributed by atoms with E-state index in [0.29, 0.717) is 0 Å². The Morgan fingerprint density at radius 3 is 2.21 bits per heavy atom. The maximum absolute atomic E-state index is 3.94. The number of hydrogen-bond donors (Lipinski definition) is 0. The van der Waals surface area contributed by atoms with Gasteiger partial charge < -0.3 is 4.57 Å². The maximum atomic E-state index is 3.94. The van der Waals surface area contributed by atoms with E-state index in [4.69, 9.17) is 0 Å². The van der Waals surface area contributed by atoms with Gasteiger partial charge in [0.05, 0.1) is 15.7 Å². The summed E-state index contributed by atoms with van der Waals surface area (Å²) in [5.74, 6) is 0. The molecule has 0 bridgehead atoms. The first-order valence-corrected chi connectivity index (χ1v) is 12.6. The van der Waals surface area contributed by atoms with Gasteiger partial charge in [-0.15, -0.1) is 11.3 Å². The lowest BCUT2D eigenvalue weighted by Crippen LogP contribution is -1.94. The maximum Gasteiger partial charge on any atom is 0.0731 e. The van der Waals surface area contributed by atoms with E-state index in [2.05, 4.69) is 130 Å². The number of hydrogen-bond acceptors (Lipinski definition) is 1. The zero-order chi connectivity index (χ0) is 21.9. The minimum Gasteiger partial charge on any atom is -0.308 e. The zero-order valence-electron chi connectivity index (χ0n) is 17.6. The molecular weight excluding hydrogens is 486 g/mol. The molecule has 2 heterocycles. The van der Waals surface area contributed by atoms with Crippen LogP contribution in [-0.2, 0) is 0 Å². The highest BCUT2D eigenvalue weighted by Crippen LogP contribution is 2.46. The van der Waals surface area contributed by atoms with Gasteiger partial charge in [-0.2, -0.15) is 0 Å². The smallest absolute Gasteiger partial charge is 0.0731 e. The second-order valence-corrected chi connectivity index (χ2v) is 10.2. The highest BCUT2D eigenvalue weighted by molar-refractivity contribution is 9.10. The summed E-state index contributed by atoms with van der Waals surface area (Å²) in [5.41, 5.74) is 6.13. The van der Waals surface area contributed by atoms with Crippen molar-refractivity contribution in [2.45, 2.75) is 0 Å². The van der Waals surface area contributed by atoms with Crippen LogP contribution in [0.25, 0.3) is 58.8 Å². The molecule has 1 nitrogen and oxygen atoms in total. The summed E-state index contributed by atoms with van der Waals surface area (Å²) in [6, 6.07) is 39.2. The Morgan fingerprint density at radius 1 is 0.606 bits per heavy atom. The molecule has 0 atom stereocenters. The molecule has 0 N–H and O–H groups in total. The van der Waals surface area contributed by atoms with E-state index >= 15 is 0 Å². The summed E-state index contributed by atoms with van der Waals surface area (Å²) in [6.07, 6.45) is 0. The van der Waals surface area contributed by atoms with Crippen LogP contribution < -0.4 is 0 Å². The topological polar surface area (TPSA) is 4.93 Å². The fourth-order valence-electron chi connectivity index (χ4n) is 5.00. The number of fused-ring (bicyclic) bond motifs is 7. The zero-order valence-corrected chi connectivity index (χ0v) is 20.0. The van der Waals surface area contributed by atoms with Crippen LogP contribution in [0.5, 0.6) is 0 Å². The van der Waals surface area contributed by atoms with Crippen molar-refractivity contribution in [1.82, 2.24) is 4.57 Å². The second kappa shape index (κ2) is 7.31. The second-order valence-electron chi connectivity index (χ2n) is 8.33. The van der Waals surface area contributed by atoms with Gasteiger partial charge >= 0.3 is 0 Å². The molecule has 3 heteroatoms. The summed E-state index contributed by atoms with van der Waals surface area (Å²) in [5, 5.41) is 5.16. The normalized spacial score (nSPS) is 11.8. The Balaban J connectivity index is 1.66. The summed E-state index contributed by atoms with van der Waals surface area (Å²) in [7, 11) is 0. The molecule has 7 rings (SSSR count).